The number of rotatable bonds is 3. The molecule has 30 heavy (non-hydrogen) atoms. The van der Waals surface area contributed by atoms with Crippen LogP contribution in [0.1, 0.15) is 42.5 Å². The number of nitrogens with zero attached hydrogens (tertiary/aromatic N) is 2. The summed E-state index contributed by atoms with van der Waals surface area (Å²) in [6.45, 7) is 2.22. The monoisotopic (exact) mass is 444 g/mol. The first kappa shape index (κ1) is 19.9. The average molecular weight is 445 g/mol. The van der Waals surface area contributed by atoms with Crippen molar-refractivity contribution < 1.29 is 13.9 Å². The van der Waals surface area contributed by atoms with Crippen LogP contribution in [0, 0.1) is 0 Å². The first-order valence-electron chi connectivity index (χ1n) is 10.4. The van der Waals surface area contributed by atoms with Crippen molar-refractivity contribution in [3.63, 3.8) is 0 Å². The van der Waals surface area contributed by atoms with Crippen LogP contribution in [-0.4, -0.2) is 41.1 Å². The summed E-state index contributed by atoms with van der Waals surface area (Å²) in [6.07, 6.45) is 5.50. The summed E-state index contributed by atoms with van der Waals surface area (Å²) in [5.41, 5.74) is 2.35. The molecule has 0 aliphatic carbocycles. The molecular weight excluding hydrogens is 423 g/mol. The van der Waals surface area contributed by atoms with Gasteiger partial charge < -0.3 is 9.15 Å². The van der Waals surface area contributed by atoms with Gasteiger partial charge in [-0.25, -0.2) is 9.78 Å². The van der Waals surface area contributed by atoms with E-state index >= 15 is 0 Å². The van der Waals surface area contributed by atoms with Gasteiger partial charge in [0.2, 0.25) is 5.89 Å². The second-order valence-electron chi connectivity index (χ2n) is 8.04. The van der Waals surface area contributed by atoms with Crippen molar-refractivity contribution in [2.24, 2.45) is 0 Å². The second-order valence-corrected chi connectivity index (χ2v) is 8.92. The molecule has 2 unspecified atom stereocenters. The molecule has 3 aromatic rings. The smallest absolute Gasteiger partial charge is 0.338 e. The van der Waals surface area contributed by atoms with Gasteiger partial charge in [0.25, 0.3) is 0 Å². The molecule has 156 valence electrons. The Morgan fingerprint density at radius 1 is 1.03 bits per heavy atom. The Kier molecular flexibility index (Phi) is 5.44. The SMILES string of the molecule is O=C(OC1CCCN2CCCCC12)c1ccc2nc(-c3cc(Cl)cc(Cl)c3)oc2c1. The maximum atomic E-state index is 12.9. The third kappa shape index (κ3) is 3.94. The van der Waals surface area contributed by atoms with Gasteiger partial charge >= 0.3 is 5.97 Å². The zero-order valence-corrected chi connectivity index (χ0v) is 18.0. The maximum Gasteiger partial charge on any atom is 0.338 e. The van der Waals surface area contributed by atoms with E-state index in [1.54, 1.807) is 36.4 Å². The van der Waals surface area contributed by atoms with Gasteiger partial charge in [-0.05, 0) is 75.2 Å². The van der Waals surface area contributed by atoms with Crippen LogP contribution in [-0.2, 0) is 4.74 Å². The van der Waals surface area contributed by atoms with Crippen LogP contribution in [0.4, 0.5) is 0 Å². The summed E-state index contributed by atoms with van der Waals surface area (Å²) in [6, 6.07) is 10.7. The van der Waals surface area contributed by atoms with Crippen molar-refractivity contribution in [3.8, 4) is 11.5 Å². The molecule has 0 saturated carbocycles. The number of halogens is 2. The van der Waals surface area contributed by atoms with Crippen LogP contribution in [0.2, 0.25) is 10.0 Å². The first-order valence-corrected chi connectivity index (χ1v) is 11.1. The van der Waals surface area contributed by atoms with Gasteiger partial charge in [0, 0.05) is 21.7 Å². The molecular formula is C23H22Cl2N2O3. The van der Waals surface area contributed by atoms with Crippen molar-refractivity contribution in [2.45, 2.75) is 44.2 Å². The third-order valence-corrected chi connectivity index (χ3v) is 6.46. The lowest BCUT2D eigenvalue weighted by Gasteiger charge is -2.43. The van der Waals surface area contributed by atoms with Crippen molar-refractivity contribution in [2.75, 3.05) is 13.1 Å². The minimum atomic E-state index is -0.307. The Labute approximate surface area is 184 Å². The third-order valence-electron chi connectivity index (χ3n) is 6.02. The lowest BCUT2D eigenvalue weighted by molar-refractivity contribution is -0.0342. The van der Waals surface area contributed by atoms with Crippen molar-refractivity contribution in [1.29, 1.82) is 0 Å². The van der Waals surface area contributed by atoms with Crippen molar-refractivity contribution in [3.05, 3.63) is 52.0 Å². The number of benzene rings is 2. The zero-order chi connectivity index (χ0) is 20.7. The number of piperidine rings is 2. The number of oxazole rings is 1. The molecule has 2 aromatic carbocycles. The summed E-state index contributed by atoms with van der Waals surface area (Å²) in [5, 5.41) is 1.02. The van der Waals surface area contributed by atoms with E-state index < -0.39 is 0 Å². The summed E-state index contributed by atoms with van der Waals surface area (Å²) < 4.78 is 11.8. The Bertz CT molecular complexity index is 1070. The normalized spacial score (nSPS) is 22.1. The Balaban J connectivity index is 1.37. The molecule has 2 aliphatic rings. The topological polar surface area (TPSA) is 55.6 Å². The van der Waals surface area contributed by atoms with E-state index in [0.717, 1.165) is 32.4 Å². The minimum Gasteiger partial charge on any atom is -0.457 e. The van der Waals surface area contributed by atoms with Crippen molar-refractivity contribution >= 4 is 40.3 Å². The van der Waals surface area contributed by atoms with Gasteiger partial charge in [-0.3, -0.25) is 4.90 Å². The van der Waals surface area contributed by atoms with Crippen molar-refractivity contribution in [1.82, 2.24) is 9.88 Å². The largest absolute Gasteiger partial charge is 0.457 e. The van der Waals surface area contributed by atoms with Crippen LogP contribution in [0.5, 0.6) is 0 Å². The maximum absolute atomic E-state index is 12.9. The quantitative estimate of drug-likeness (QED) is 0.465. The summed E-state index contributed by atoms with van der Waals surface area (Å²) in [4.78, 5) is 19.8. The highest BCUT2D eigenvalue weighted by atomic mass is 35.5. The molecule has 2 saturated heterocycles. The molecule has 5 nitrogen and oxygen atoms in total. The molecule has 2 atom stereocenters. The van der Waals surface area contributed by atoms with E-state index in [1.807, 2.05) is 0 Å². The fourth-order valence-electron chi connectivity index (χ4n) is 4.60. The highest BCUT2D eigenvalue weighted by Gasteiger charge is 2.35. The van der Waals surface area contributed by atoms with Gasteiger partial charge in [0.1, 0.15) is 11.6 Å². The molecule has 0 spiro atoms. The van der Waals surface area contributed by atoms with Crippen LogP contribution >= 0.6 is 23.2 Å². The molecule has 3 heterocycles. The molecule has 5 rings (SSSR count). The Hall–Kier alpha value is -2.08. The molecule has 0 amide bonds. The van der Waals surface area contributed by atoms with Crippen LogP contribution in [0.3, 0.4) is 0 Å². The van der Waals surface area contributed by atoms with E-state index in [1.165, 1.54) is 12.8 Å². The highest BCUT2D eigenvalue weighted by Crippen LogP contribution is 2.31. The molecule has 0 bridgehead atoms. The lowest BCUT2D eigenvalue weighted by Crippen LogP contribution is -2.51. The molecule has 0 radical (unpaired) electrons. The van der Waals surface area contributed by atoms with Gasteiger partial charge in [-0.15, -0.1) is 0 Å². The Morgan fingerprint density at radius 2 is 1.83 bits per heavy atom. The second kappa shape index (κ2) is 8.22. The number of ether oxygens (including phenoxy) is 1. The molecule has 2 fully saturated rings. The fraction of sp³-hybridized carbons (Fsp3) is 0.391. The number of aromatic nitrogens is 1. The van der Waals surface area contributed by atoms with Gasteiger partial charge in [-0.2, -0.15) is 0 Å². The summed E-state index contributed by atoms with van der Waals surface area (Å²) >= 11 is 12.2. The standard InChI is InChI=1S/C23H22Cl2N2O3/c24-16-10-15(11-17(25)13-16)22-26-18-7-6-14(12-21(18)29-22)23(28)30-20-5-3-9-27-8-2-1-4-19(20)27/h6-7,10-13,19-20H,1-5,8-9H2. The number of hydrogen-bond acceptors (Lipinski definition) is 5. The molecule has 2 aliphatic heterocycles. The highest BCUT2D eigenvalue weighted by molar-refractivity contribution is 6.35. The number of carbonyl (C=O) groups is 1. The Morgan fingerprint density at radius 3 is 2.67 bits per heavy atom. The predicted molar refractivity (Wildman–Crippen MR) is 117 cm³/mol. The van der Waals surface area contributed by atoms with Gasteiger partial charge in [0.05, 0.1) is 5.56 Å². The summed E-state index contributed by atoms with van der Waals surface area (Å²) in [5.74, 6) is 0.100. The van der Waals surface area contributed by atoms with E-state index in [4.69, 9.17) is 32.4 Å². The number of carbonyl (C=O) groups excluding carboxylic acids is 1. The van der Waals surface area contributed by atoms with E-state index in [2.05, 4.69) is 9.88 Å². The van der Waals surface area contributed by atoms with E-state index in [0.29, 0.717) is 44.2 Å². The minimum absolute atomic E-state index is 0.0406. The summed E-state index contributed by atoms with van der Waals surface area (Å²) in [7, 11) is 0. The molecule has 7 heteroatoms. The number of fused-ring (bicyclic) bond motifs is 2. The first-order chi connectivity index (χ1) is 14.6. The van der Waals surface area contributed by atoms with Crippen LogP contribution < -0.4 is 0 Å². The van der Waals surface area contributed by atoms with Gasteiger partial charge in [-0.1, -0.05) is 29.6 Å². The molecule has 0 N–H and O–H groups in total. The van der Waals surface area contributed by atoms with Gasteiger partial charge in [0.15, 0.2) is 5.58 Å². The lowest BCUT2D eigenvalue weighted by atomic mass is 9.90. The van der Waals surface area contributed by atoms with E-state index in [9.17, 15) is 4.79 Å². The number of esters is 1. The van der Waals surface area contributed by atoms with Crippen LogP contribution in [0.15, 0.2) is 40.8 Å². The predicted octanol–water partition coefficient (Wildman–Crippen LogP) is 5.98. The number of hydrogen-bond donors (Lipinski definition) is 0. The zero-order valence-electron chi connectivity index (χ0n) is 16.4. The fourth-order valence-corrected chi connectivity index (χ4v) is 5.12. The van der Waals surface area contributed by atoms with E-state index in [-0.39, 0.29) is 12.1 Å². The van der Waals surface area contributed by atoms with Crippen LogP contribution in [0.25, 0.3) is 22.6 Å². The average Bonchev–Trinajstić information content (AvgIpc) is 3.17. The molecule has 1 aromatic heterocycles.